The normalized spacial score (nSPS) is 12.0. The maximum atomic E-state index is 11.9. The summed E-state index contributed by atoms with van der Waals surface area (Å²) in [7, 11) is 0. The van der Waals surface area contributed by atoms with Gasteiger partial charge in [-0.15, -0.1) is 5.10 Å². The van der Waals surface area contributed by atoms with Crippen molar-refractivity contribution in [2.75, 3.05) is 6.61 Å². The van der Waals surface area contributed by atoms with Crippen LogP contribution in [-0.4, -0.2) is 33.7 Å². The smallest absolute Gasteiger partial charge is 0.291 e. The summed E-state index contributed by atoms with van der Waals surface area (Å²) < 4.78 is 5.62. The largest absolute Gasteiger partial charge is 0.491 e. The number of benzene rings is 1. The van der Waals surface area contributed by atoms with Crippen LogP contribution in [0.3, 0.4) is 0 Å². The molecule has 2 rings (SSSR count). The molecule has 0 fully saturated rings. The second-order valence-electron chi connectivity index (χ2n) is 4.96. The molecule has 112 valence electrons. The van der Waals surface area contributed by atoms with Crippen LogP contribution in [0, 0.1) is 6.92 Å². The summed E-state index contributed by atoms with van der Waals surface area (Å²) in [6.45, 7) is 6.23. The van der Waals surface area contributed by atoms with Crippen LogP contribution in [0.5, 0.6) is 5.75 Å². The quantitative estimate of drug-likeness (QED) is 0.850. The zero-order valence-electron chi connectivity index (χ0n) is 12.5. The molecule has 0 saturated carbocycles. The van der Waals surface area contributed by atoms with Crippen molar-refractivity contribution >= 4 is 5.91 Å². The molecule has 1 aromatic heterocycles. The van der Waals surface area contributed by atoms with Gasteiger partial charge in [-0.3, -0.25) is 9.89 Å². The fourth-order valence-electron chi connectivity index (χ4n) is 1.74. The van der Waals surface area contributed by atoms with E-state index in [0.29, 0.717) is 18.9 Å². The Hall–Kier alpha value is -2.37. The highest BCUT2D eigenvalue weighted by atomic mass is 16.5. The summed E-state index contributed by atoms with van der Waals surface area (Å²) in [5.74, 6) is 1.34. The molecule has 21 heavy (non-hydrogen) atoms. The van der Waals surface area contributed by atoms with Gasteiger partial charge in [0.2, 0.25) is 5.82 Å². The lowest BCUT2D eigenvalue weighted by molar-refractivity contribution is 0.0916. The fraction of sp³-hybridized carbons (Fsp3) is 0.400. The number of nitrogens with zero attached hydrogens (tertiary/aromatic N) is 2. The average molecular weight is 288 g/mol. The van der Waals surface area contributed by atoms with Crippen molar-refractivity contribution in [3.63, 3.8) is 0 Å². The van der Waals surface area contributed by atoms with Gasteiger partial charge in [0.05, 0.1) is 6.04 Å². The third kappa shape index (κ3) is 4.30. The van der Waals surface area contributed by atoms with Crippen molar-refractivity contribution in [2.24, 2.45) is 0 Å². The van der Waals surface area contributed by atoms with Crippen LogP contribution in [-0.2, 0) is 6.42 Å². The van der Waals surface area contributed by atoms with Crippen molar-refractivity contribution < 1.29 is 9.53 Å². The third-order valence-electron chi connectivity index (χ3n) is 2.97. The van der Waals surface area contributed by atoms with Gasteiger partial charge in [-0.1, -0.05) is 24.6 Å². The molecule has 1 amide bonds. The number of ether oxygens (including phenoxy) is 1. The van der Waals surface area contributed by atoms with E-state index in [1.807, 2.05) is 45.0 Å². The maximum absolute atomic E-state index is 11.9. The molecule has 2 aromatic rings. The van der Waals surface area contributed by atoms with E-state index >= 15 is 0 Å². The molecule has 0 radical (unpaired) electrons. The maximum Gasteiger partial charge on any atom is 0.291 e. The molecule has 0 aliphatic rings. The first-order chi connectivity index (χ1) is 10.1. The zero-order chi connectivity index (χ0) is 15.2. The van der Waals surface area contributed by atoms with Crippen LogP contribution in [0.25, 0.3) is 0 Å². The molecule has 0 bridgehead atoms. The van der Waals surface area contributed by atoms with Gasteiger partial charge < -0.3 is 10.1 Å². The van der Waals surface area contributed by atoms with E-state index in [0.717, 1.165) is 5.75 Å². The lowest BCUT2D eigenvalue weighted by atomic mass is 10.2. The van der Waals surface area contributed by atoms with Crippen LogP contribution in [0.2, 0.25) is 0 Å². The van der Waals surface area contributed by atoms with Crippen LogP contribution >= 0.6 is 0 Å². The molecule has 6 nitrogen and oxygen atoms in total. The van der Waals surface area contributed by atoms with E-state index in [1.165, 1.54) is 5.56 Å². The Bertz CT molecular complexity index is 592. The summed E-state index contributed by atoms with van der Waals surface area (Å²) in [5, 5.41) is 9.40. The average Bonchev–Trinajstić information content (AvgIpc) is 2.96. The highest BCUT2D eigenvalue weighted by Crippen LogP contribution is 2.11. The van der Waals surface area contributed by atoms with Gasteiger partial charge in [-0.25, -0.2) is 4.98 Å². The highest BCUT2D eigenvalue weighted by Gasteiger charge is 2.14. The molecule has 1 heterocycles. The second-order valence-corrected chi connectivity index (χ2v) is 4.96. The Morgan fingerprint density at radius 1 is 1.38 bits per heavy atom. The number of hydrogen-bond acceptors (Lipinski definition) is 4. The summed E-state index contributed by atoms with van der Waals surface area (Å²) in [6, 6.07) is 7.65. The van der Waals surface area contributed by atoms with Gasteiger partial charge in [0.1, 0.15) is 18.2 Å². The van der Waals surface area contributed by atoms with Gasteiger partial charge in [0, 0.05) is 6.42 Å². The number of amides is 1. The molecule has 1 atom stereocenters. The van der Waals surface area contributed by atoms with Crippen molar-refractivity contribution in [3.8, 4) is 5.75 Å². The van der Waals surface area contributed by atoms with E-state index in [9.17, 15) is 4.79 Å². The molecule has 0 saturated heterocycles. The summed E-state index contributed by atoms with van der Waals surface area (Å²) >= 11 is 0. The molecular weight excluding hydrogens is 268 g/mol. The van der Waals surface area contributed by atoms with Crippen molar-refractivity contribution in [1.29, 1.82) is 0 Å². The van der Waals surface area contributed by atoms with Crippen LogP contribution in [0.1, 0.15) is 35.9 Å². The van der Waals surface area contributed by atoms with Gasteiger partial charge in [-0.05, 0) is 26.0 Å². The van der Waals surface area contributed by atoms with Crippen LogP contribution in [0.4, 0.5) is 0 Å². The summed E-state index contributed by atoms with van der Waals surface area (Å²) in [4.78, 5) is 16.0. The number of nitrogens with one attached hydrogen (secondary N) is 2. The zero-order valence-corrected chi connectivity index (χ0v) is 12.5. The SMILES string of the molecule is CCc1nc(C(=O)NC(C)COc2ccc(C)cc2)n[nH]1. The molecule has 1 aromatic carbocycles. The number of aromatic nitrogens is 3. The Balaban J connectivity index is 1.82. The minimum Gasteiger partial charge on any atom is -0.491 e. The minimum atomic E-state index is -0.300. The van der Waals surface area contributed by atoms with Crippen molar-refractivity contribution in [1.82, 2.24) is 20.5 Å². The lowest BCUT2D eigenvalue weighted by Crippen LogP contribution is -2.37. The van der Waals surface area contributed by atoms with Gasteiger partial charge >= 0.3 is 0 Å². The number of carbonyl (C=O) groups excluding carboxylic acids is 1. The van der Waals surface area contributed by atoms with E-state index in [2.05, 4.69) is 20.5 Å². The first kappa shape index (κ1) is 15.0. The van der Waals surface area contributed by atoms with E-state index in [-0.39, 0.29) is 17.8 Å². The standard InChI is InChI=1S/C15H20N4O2/c1-4-13-17-14(19-18-13)15(20)16-11(3)9-21-12-7-5-10(2)6-8-12/h5-8,11H,4,9H2,1-3H3,(H,16,20)(H,17,18,19). The predicted octanol–water partition coefficient (Wildman–Crippen LogP) is 1.87. The molecule has 0 aliphatic carbocycles. The van der Waals surface area contributed by atoms with Gasteiger partial charge in [0.25, 0.3) is 5.91 Å². The monoisotopic (exact) mass is 288 g/mol. The van der Waals surface area contributed by atoms with Crippen LogP contribution < -0.4 is 10.1 Å². The number of H-pyrrole nitrogens is 1. The molecule has 2 N–H and O–H groups in total. The fourth-order valence-corrected chi connectivity index (χ4v) is 1.74. The Morgan fingerprint density at radius 3 is 2.71 bits per heavy atom. The number of aryl methyl sites for hydroxylation is 2. The Morgan fingerprint density at radius 2 is 2.10 bits per heavy atom. The third-order valence-corrected chi connectivity index (χ3v) is 2.97. The van der Waals surface area contributed by atoms with E-state index < -0.39 is 0 Å². The van der Waals surface area contributed by atoms with Crippen molar-refractivity contribution in [3.05, 3.63) is 41.5 Å². The Labute approximate surface area is 123 Å². The highest BCUT2D eigenvalue weighted by molar-refractivity contribution is 5.90. The summed E-state index contributed by atoms with van der Waals surface area (Å²) in [6.07, 6.45) is 0.715. The second kappa shape index (κ2) is 6.88. The Kier molecular flexibility index (Phi) is 4.92. The van der Waals surface area contributed by atoms with Crippen molar-refractivity contribution in [2.45, 2.75) is 33.2 Å². The molecule has 1 unspecified atom stereocenters. The van der Waals surface area contributed by atoms with Gasteiger partial charge in [0.15, 0.2) is 0 Å². The number of carbonyl (C=O) groups is 1. The number of aromatic amines is 1. The van der Waals surface area contributed by atoms with Crippen LogP contribution in [0.15, 0.2) is 24.3 Å². The van der Waals surface area contributed by atoms with E-state index in [4.69, 9.17) is 4.74 Å². The first-order valence-corrected chi connectivity index (χ1v) is 7.00. The minimum absolute atomic E-state index is 0.137. The molecule has 6 heteroatoms. The van der Waals surface area contributed by atoms with Gasteiger partial charge in [-0.2, -0.15) is 0 Å². The molecular formula is C15H20N4O2. The number of rotatable bonds is 6. The lowest BCUT2D eigenvalue weighted by Gasteiger charge is -2.14. The topological polar surface area (TPSA) is 79.9 Å². The molecule has 0 spiro atoms. The first-order valence-electron chi connectivity index (χ1n) is 7.00. The van der Waals surface area contributed by atoms with E-state index in [1.54, 1.807) is 0 Å². The molecule has 0 aliphatic heterocycles. The predicted molar refractivity (Wildman–Crippen MR) is 79.4 cm³/mol. The number of hydrogen-bond donors (Lipinski definition) is 2. The summed E-state index contributed by atoms with van der Waals surface area (Å²) in [5.41, 5.74) is 1.18.